The molecule has 5 nitrogen and oxygen atoms in total. The third-order valence-corrected chi connectivity index (χ3v) is 5.29. The van der Waals surface area contributed by atoms with Gasteiger partial charge in [0.05, 0.1) is 13.2 Å². The monoisotopic (exact) mass is 404 g/mol. The van der Waals surface area contributed by atoms with Crippen LogP contribution in [0.4, 0.5) is 0 Å². The number of fused-ring (bicyclic) bond motifs is 1. The minimum atomic E-state index is -1.96. The highest BCUT2D eigenvalue weighted by Gasteiger charge is 2.26. The largest absolute Gasteiger partial charge is 0.544 e. The van der Waals surface area contributed by atoms with Crippen LogP contribution in [0.15, 0.2) is 18.2 Å². The van der Waals surface area contributed by atoms with Gasteiger partial charge in [0.2, 0.25) is 8.32 Å². The molecule has 0 saturated heterocycles. The molecule has 0 spiro atoms. The Kier molecular flexibility index (Phi) is 7.86. The summed E-state index contributed by atoms with van der Waals surface area (Å²) in [5.74, 6) is 1.02. The van der Waals surface area contributed by atoms with Gasteiger partial charge in [-0.2, -0.15) is 0 Å². The zero-order chi connectivity index (χ0) is 20.7. The molecule has 28 heavy (non-hydrogen) atoms. The number of allylic oxidation sites excluding steroid dienone is 1. The third kappa shape index (κ3) is 6.82. The van der Waals surface area contributed by atoms with Crippen LogP contribution in [0.3, 0.4) is 0 Å². The van der Waals surface area contributed by atoms with Crippen LogP contribution in [0.1, 0.15) is 61.4 Å². The number of ketones is 1. The Morgan fingerprint density at radius 1 is 1.11 bits per heavy atom. The van der Waals surface area contributed by atoms with Crippen molar-refractivity contribution in [2.75, 3.05) is 7.11 Å². The van der Waals surface area contributed by atoms with Crippen molar-refractivity contribution >= 4 is 26.1 Å². The predicted molar refractivity (Wildman–Crippen MR) is 114 cm³/mol. The molecule has 1 aliphatic rings. The van der Waals surface area contributed by atoms with E-state index in [1.54, 1.807) is 13.2 Å². The number of carbonyl (C=O) groups excluding carboxylic acids is 2. The van der Waals surface area contributed by atoms with Crippen molar-refractivity contribution in [3.63, 3.8) is 0 Å². The van der Waals surface area contributed by atoms with Crippen molar-refractivity contribution in [3.8, 4) is 11.5 Å². The number of hydrogen-bond donors (Lipinski definition) is 0. The fraction of sp³-hybridized carbons (Fsp3) is 0.545. The maximum Gasteiger partial charge on any atom is 0.342 e. The van der Waals surface area contributed by atoms with Crippen molar-refractivity contribution < 1.29 is 23.5 Å². The molecule has 1 heterocycles. The van der Waals surface area contributed by atoms with E-state index in [1.165, 1.54) is 0 Å². The molecule has 0 unspecified atom stereocenters. The lowest BCUT2D eigenvalue weighted by Gasteiger charge is -2.24. The van der Waals surface area contributed by atoms with Crippen molar-refractivity contribution in [2.45, 2.75) is 71.2 Å². The molecular formula is C22H32O5Si. The summed E-state index contributed by atoms with van der Waals surface area (Å²) >= 11 is 0. The summed E-state index contributed by atoms with van der Waals surface area (Å²) in [7, 11) is -0.360. The molecule has 1 aliphatic heterocycles. The maximum absolute atomic E-state index is 13.0. The summed E-state index contributed by atoms with van der Waals surface area (Å²) in [6.45, 7) is 8.08. The molecule has 154 valence electrons. The van der Waals surface area contributed by atoms with Gasteiger partial charge in [-0.05, 0) is 63.9 Å². The number of esters is 1. The van der Waals surface area contributed by atoms with Gasteiger partial charge in [0.1, 0.15) is 22.8 Å². The van der Waals surface area contributed by atoms with Gasteiger partial charge in [0.25, 0.3) is 0 Å². The van der Waals surface area contributed by atoms with Crippen LogP contribution in [-0.4, -0.2) is 33.3 Å². The molecular weight excluding hydrogens is 372 g/mol. The van der Waals surface area contributed by atoms with E-state index in [9.17, 15) is 9.59 Å². The van der Waals surface area contributed by atoms with Crippen LogP contribution in [-0.2, 0) is 9.53 Å². The first-order chi connectivity index (χ1) is 13.2. The van der Waals surface area contributed by atoms with E-state index in [1.807, 2.05) is 25.1 Å². The number of ether oxygens (including phenoxy) is 2. The summed E-state index contributed by atoms with van der Waals surface area (Å²) < 4.78 is 17.3. The quantitative estimate of drug-likeness (QED) is 0.499. The minimum Gasteiger partial charge on any atom is -0.544 e. The Bertz CT molecular complexity index is 733. The smallest absolute Gasteiger partial charge is 0.342 e. The molecule has 6 heteroatoms. The van der Waals surface area contributed by atoms with Crippen LogP contribution < -0.4 is 9.16 Å². The number of hydrogen-bond acceptors (Lipinski definition) is 5. The van der Waals surface area contributed by atoms with E-state index >= 15 is 0 Å². The Labute approximate surface area is 169 Å². The minimum absolute atomic E-state index is 0.262. The topological polar surface area (TPSA) is 61.8 Å². The Morgan fingerprint density at radius 2 is 1.82 bits per heavy atom. The second-order valence-electron chi connectivity index (χ2n) is 8.25. The molecule has 1 aromatic rings. The molecule has 0 aromatic heterocycles. The van der Waals surface area contributed by atoms with Gasteiger partial charge < -0.3 is 13.9 Å². The Balaban J connectivity index is 2.48. The van der Waals surface area contributed by atoms with Crippen molar-refractivity contribution in [1.82, 2.24) is 0 Å². The first-order valence-electron chi connectivity index (χ1n) is 10.00. The molecule has 0 aliphatic carbocycles. The lowest BCUT2D eigenvalue weighted by molar-refractivity contribution is -0.119. The van der Waals surface area contributed by atoms with Crippen molar-refractivity contribution in [1.29, 1.82) is 0 Å². The number of benzene rings is 1. The van der Waals surface area contributed by atoms with Crippen LogP contribution in [0.2, 0.25) is 19.6 Å². The predicted octanol–water partition coefficient (Wildman–Crippen LogP) is 5.39. The van der Waals surface area contributed by atoms with Gasteiger partial charge in [-0.1, -0.05) is 12.2 Å². The van der Waals surface area contributed by atoms with Gasteiger partial charge in [0.15, 0.2) is 0 Å². The number of Topliss-reactive ketones (excluding diaryl/α,β-unsaturated/α-hetero) is 1. The molecule has 0 radical (unpaired) electrons. The van der Waals surface area contributed by atoms with Crippen LogP contribution in [0.25, 0.3) is 6.08 Å². The second-order valence-corrected chi connectivity index (χ2v) is 12.7. The van der Waals surface area contributed by atoms with E-state index in [-0.39, 0.29) is 11.9 Å². The van der Waals surface area contributed by atoms with Gasteiger partial charge in [-0.25, -0.2) is 4.79 Å². The zero-order valence-electron chi connectivity index (χ0n) is 17.7. The lowest BCUT2D eigenvalue weighted by atomic mass is 10.0. The lowest BCUT2D eigenvalue weighted by Crippen LogP contribution is -2.30. The summed E-state index contributed by atoms with van der Waals surface area (Å²) in [4.78, 5) is 25.0. The molecule has 0 fully saturated rings. The molecule has 0 amide bonds. The SMILES string of the molecule is COc1cc2c(c(O[Si](C)(C)C)c1)C(=O)O[C@@H](C)CCCC(=O)CCC/C=C\2. The maximum atomic E-state index is 13.0. The number of rotatable bonds is 3. The summed E-state index contributed by atoms with van der Waals surface area (Å²) in [6, 6.07) is 3.59. The number of methoxy groups -OCH3 is 1. The van der Waals surface area contributed by atoms with Gasteiger partial charge >= 0.3 is 5.97 Å². The number of carbonyl (C=O) groups is 2. The Hall–Kier alpha value is -2.08. The van der Waals surface area contributed by atoms with E-state index in [4.69, 9.17) is 13.9 Å². The van der Waals surface area contributed by atoms with E-state index < -0.39 is 14.3 Å². The number of cyclic esters (lactones) is 1. The van der Waals surface area contributed by atoms with Crippen molar-refractivity contribution in [2.24, 2.45) is 0 Å². The fourth-order valence-corrected chi connectivity index (χ4v) is 3.95. The average Bonchev–Trinajstić information content (AvgIpc) is 2.58. The zero-order valence-corrected chi connectivity index (χ0v) is 18.7. The standard InChI is InChI=1S/C22H32O5Si/c1-16-10-9-13-18(23)12-8-6-7-11-17-14-19(25-2)15-20(27-28(3,4)5)21(17)22(24)26-16/h7,11,14-16H,6,8-10,12-13H2,1-5H3/b11-7-/t16-/m0/s1. The van der Waals surface area contributed by atoms with Crippen molar-refractivity contribution in [3.05, 3.63) is 29.3 Å². The highest BCUT2D eigenvalue weighted by molar-refractivity contribution is 6.70. The van der Waals surface area contributed by atoms with Crippen LogP contribution in [0.5, 0.6) is 11.5 Å². The summed E-state index contributed by atoms with van der Waals surface area (Å²) in [5.41, 5.74) is 1.16. The molecule has 0 bridgehead atoms. The molecule has 0 saturated carbocycles. The first-order valence-corrected chi connectivity index (χ1v) is 13.4. The molecule has 0 N–H and O–H groups in total. The summed E-state index contributed by atoms with van der Waals surface area (Å²) in [5, 5.41) is 0. The van der Waals surface area contributed by atoms with E-state index in [0.717, 1.165) is 19.3 Å². The summed E-state index contributed by atoms with van der Waals surface area (Å²) in [6.07, 6.45) is 7.76. The van der Waals surface area contributed by atoms with Crippen LogP contribution in [0, 0.1) is 0 Å². The average molecular weight is 405 g/mol. The second kappa shape index (κ2) is 9.91. The molecule has 1 aromatic carbocycles. The molecule has 2 rings (SSSR count). The molecule has 1 atom stereocenters. The third-order valence-electron chi connectivity index (χ3n) is 4.46. The Morgan fingerprint density at radius 3 is 2.50 bits per heavy atom. The van der Waals surface area contributed by atoms with Gasteiger partial charge in [0, 0.05) is 18.9 Å². The van der Waals surface area contributed by atoms with Crippen LogP contribution >= 0.6 is 0 Å². The normalized spacial score (nSPS) is 20.5. The highest BCUT2D eigenvalue weighted by atomic mass is 28.4. The van der Waals surface area contributed by atoms with E-state index in [2.05, 4.69) is 19.6 Å². The van der Waals surface area contributed by atoms with E-state index in [0.29, 0.717) is 41.9 Å². The first kappa shape index (κ1) is 22.2. The fourth-order valence-electron chi connectivity index (χ4n) is 3.13. The highest BCUT2D eigenvalue weighted by Crippen LogP contribution is 2.33. The van der Waals surface area contributed by atoms with Gasteiger partial charge in [-0.3, -0.25) is 4.79 Å². The van der Waals surface area contributed by atoms with Gasteiger partial charge in [-0.15, -0.1) is 0 Å².